The van der Waals surface area contributed by atoms with Crippen LogP contribution in [0.4, 0.5) is 4.79 Å². The first-order valence-electron chi connectivity index (χ1n) is 9.33. The molecule has 1 saturated carbocycles. The van der Waals surface area contributed by atoms with Gasteiger partial charge in [0, 0.05) is 24.5 Å². The van der Waals surface area contributed by atoms with Crippen LogP contribution in [0.5, 0.6) is 0 Å². The van der Waals surface area contributed by atoms with E-state index in [0.717, 1.165) is 24.2 Å². The fraction of sp³-hybridized carbons (Fsp3) is 0.500. The summed E-state index contributed by atoms with van der Waals surface area (Å²) < 4.78 is 12.1. The minimum absolute atomic E-state index is 0.0881. The number of aromatic nitrogens is 1. The lowest BCUT2D eigenvalue weighted by Crippen LogP contribution is -2.42. The lowest BCUT2D eigenvalue weighted by Gasteiger charge is -2.17. The maximum Gasteiger partial charge on any atom is 0.349 e. The third kappa shape index (κ3) is 6.19. The zero-order valence-electron chi connectivity index (χ0n) is 17.1. The van der Waals surface area contributed by atoms with Crippen molar-refractivity contribution in [1.29, 1.82) is 5.26 Å². The molecule has 1 aliphatic carbocycles. The van der Waals surface area contributed by atoms with Gasteiger partial charge in [0.15, 0.2) is 6.61 Å². The van der Waals surface area contributed by atoms with E-state index in [1.807, 2.05) is 26.8 Å². The van der Waals surface area contributed by atoms with Crippen LogP contribution in [0, 0.1) is 25.2 Å². The summed E-state index contributed by atoms with van der Waals surface area (Å²) in [5, 5.41) is 14.0. The number of aryl methyl sites for hydroxylation is 1. The SMILES string of the molecule is COC[C@H](C)n1c(C)cc(/C=C(\C#N)C(=O)OCC(=O)NC(=O)NC2CC2)c1C. The molecule has 9 nitrogen and oxygen atoms in total. The van der Waals surface area contributed by atoms with Gasteiger partial charge in [-0.3, -0.25) is 10.1 Å². The number of imide groups is 1. The molecule has 0 bridgehead atoms. The van der Waals surface area contributed by atoms with Gasteiger partial charge in [0.1, 0.15) is 11.6 Å². The molecule has 1 aromatic heterocycles. The van der Waals surface area contributed by atoms with Gasteiger partial charge in [-0.05, 0) is 51.3 Å². The van der Waals surface area contributed by atoms with Crippen LogP contribution in [0.2, 0.25) is 0 Å². The highest BCUT2D eigenvalue weighted by atomic mass is 16.5. The molecule has 1 fully saturated rings. The average Bonchev–Trinajstić information content (AvgIpc) is 3.41. The van der Waals surface area contributed by atoms with E-state index < -0.39 is 24.5 Å². The second kappa shape index (κ2) is 9.89. The number of carbonyl (C=O) groups excluding carboxylic acids is 3. The van der Waals surface area contributed by atoms with Crippen molar-refractivity contribution < 1.29 is 23.9 Å². The Bertz CT molecular complexity index is 861. The van der Waals surface area contributed by atoms with Crippen LogP contribution < -0.4 is 10.6 Å². The van der Waals surface area contributed by atoms with Crippen molar-refractivity contribution in [3.05, 3.63) is 28.6 Å². The lowest BCUT2D eigenvalue weighted by atomic mass is 10.1. The van der Waals surface area contributed by atoms with Crippen molar-refractivity contribution in [2.24, 2.45) is 0 Å². The Kier molecular flexibility index (Phi) is 7.56. The molecule has 0 aromatic carbocycles. The standard InChI is InChI=1S/C20H26N4O5/c1-12-7-15(14(3)24(12)13(2)10-28-4)8-16(9-21)19(26)29-11-18(25)23-20(27)22-17-5-6-17/h7-8,13,17H,5-6,10-11H2,1-4H3,(H2,22,23,25,27)/b16-8+/t13-/m0/s1. The second-order valence-electron chi connectivity index (χ2n) is 7.04. The van der Waals surface area contributed by atoms with Crippen molar-refractivity contribution in [3.63, 3.8) is 0 Å². The zero-order valence-corrected chi connectivity index (χ0v) is 17.1. The van der Waals surface area contributed by atoms with Crippen LogP contribution in [0.15, 0.2) is 11.6 Å². The van der Waals surface area contributed by atoms with Gasteiger partial charge in [-0.2, -0.15) is 5.26 Å². The Morgan fingerprint density at radius 1 is 1.38 bits per heavy atom. The van der Waals surface area contributed by atoms with Gasteiger partial charge in [-0.1, -0.05) is 0 Å². The van der Waals surface area contributed by atoms with E-state index in [0.29, 0.717) is 12.2 Å². The normalized spacial score (nSPS) is 14.7. The number of ether oxygens (including phenoxy) is 2. The lowest BCUT2D eigenvalue weighted by molar-refractivity contribution is -0.144. The van der Waals surface area contributed by atoms with Crippen molar-refractivity contribution in [2.75, 3.05) is 20.3 Å². The van der Waals surface area contributed by atoms with Crippen LogP contribution in [0.3, 0.4) is 0 Å². The van der Waals surface area contributed by atoms with E-state index in [-0.39, 0.29) is 17.7 Å². The number of methoxy groups -OCH3 is 1. The maximum absolute atomic E-state index is 12.2. The van der Waals surface area contributed by atoms with Gasteiger partial charge in [0.05, 0.1) is 12.6 Å². The summed E-state index contributed by atoms with van der Waals surface area (Å²) in [6.45, 7) is 5.69. The third-order valence-electron chi connectivity index (χ3n) is 4.51. The molecule has 0 radical (unpaired) electrons. The number of urea groups is 1. The van der Waals surface area contributed by atoms with Gasteiger partial charge in [0.25, 0.3) is 5.91 Å². The van der Waals surface area contributed by atoms with Crippen LogP contribution in [0.1, 0.15) is 42.8 Å². The van der Waals surface area contributed by atoms with Gasteiger partial charge >= 0.3 is 12.0 Å². The number of amides is 3. The van der Waals surface area contributed by atoms with E-state index in [4.69, 9.17) is 9.47 Å². The molecule has 0 unspecified atom stereocenters. The maximum atomic E-state index is 12.2. The molecule has 0 saturated heterocycles. The molecule has 1 aliphatic rings. The molecule has 1 heterocycles. The highest BCUT2D eigenvalue weighted by molar-refractivity contribution is 6.00. The predicted molar refractivity (Wildman–Crippen MR) is 105 cm³/mol. The minimum Gasteiger partial charge on any atom is -0.451 e. The summed E-state index contributed by atoms with van der Waals surface area (Å²) in [7, 11) is 1.63. The fourth-order valence-electron chi connectivity index (χ4n) is 3.06. The molecule has 2 N–H and O–H groups in total. The Hall–Kier alpha value is -3.12. The van der Waals surface area contributed by atoms with Crippen molar-refractivity contribution in [3.8, 4) is 6.07 Å². The first-order valence-corrected chi connectivity index (χ1v) is 9.33. The number of hydrogen-bond acceptors (Lipinski definition) is 6. The number of nitrogens with zero attached hydrogens (tertiary/aromatic N) is 2. The summed E-state index contributed by atoms with van der Waals surface area (Å²) in [5.41, 5.74) is 2.30. The molecule has 0 aliphatic heterocycles. The number of nitrogens with one attached hydrogen (secondary N) is 2. The summed E-state index contributed by atoms with van der Waals surface area (Å²) in [6, 6.07) is 3.23. The third-order valence-corrected chi connectivity index (χ3v) is 4.51. The average molecular weight is 402 g/mol. The van der Waals surface area contributed by atoms with E-state index in [1.54, 1.807) is 13.2 Å². The molecule has 9 heteroatoms. The van der Waals surface area contributed by atoms with Gasteiger partial charge in [0.2, 0.25) is 0 Å². The van der Waals surface area contributed by atoms with Gasteiger partial charge < -0.3 is 19.4 Å². The summed E-state index contributed by atoms with van der Waals surface area (Å²) >= 11 is 0. The van der Waals surface area contributed by atoms with Crippen molar-refractivity contribution in [2.45, 2.75) is 45.7 Å². The number of carbonyl (C=O) groups is 3. The first-order chi connectivity index (χ1) is 13.8. The summed E-state index contributed by atoms with van der Waals surface area (Å²) in [5.74, 6) is -1.69. The molecule has 29 heavy (non-hydrogen) atoms. The Morgan fingerprint density at radius 2 is 2.07 bits per heavy atom. The second-order valence-corrected chi connectivity index (χ2v) is 7.04. The van der Waals surface area contributed by atoms with Crippen LogP contribution >= 0.6 is 0 Å². The van der Waals surface area contributed by atoms with Crippen LogP contribution in [0.25, 0.3) is 6.08 Å². The monoisotopic (exact) mass is 402 g/mol. The van der Waals surface area contributed by atoms with E-state index in [9.17, 15) is 19.6 Å². The largest absolute Gasteiger partial charge is 0.451 e. The molecular formula is C20H26N4O5. The number of esters is 1. The highest BCUT2D eigenvalue weighted by Gasteiger charge is 2.24. The number of nitriles is 1. The Labute approximate surface area is 169 Å². The minimum atomic E-state index is -0.931. The van der Waals surface area contributed by atoms with Crippen LogP contribution in [-0.2, 0) is 19.1 Å². The number of hydrogen-bond donors (Lipinski definition) is 2. The first kappa shape index (κ1) is 22.2. The number of rotatable bonds is 8. The summed E-state index contributed by atoms with van der Waals surface area (Å²) in [4.78, 5) is 35.4. The van der Waals surface area contributed by atoms with E-state index >= 15 is 0 Å². The quantitative estimate of drug-likeness (QED) is 0.388. The summed E-state index contributed by atoms with van der Waals surface area (Å²) in [6.07, 6.45) is 3.20. The van der Waals surface area contributed by atoms with Crippen molar-refractivity contribution in [1.82, 2.24) is 15.2 Å². The van der Waals surface area contributed by atoms with Gasteiger partial charge in [-0.25, -0.2) is 9.59 Å². The predicted octanol–water partition coefficient (Wildman–Crippen LogP) is 1.75. The topological polar surface area (TPSA) is 122 Å². The molecule has 2 rings (SSSR count). The van der Waals surface area contributed by atoms with Crippen molar-refractivity contribution >= 4 is 24.0 Å². The molecule has 3 amide bonds. The molecule has 156 valence electrons. The van der Waals surface area contributed by atoms with E-state index in [2.05, 4.69) is 15.2 Å². The van der Waals surface area contributed by atoms with Gasteiger partial charge in [-0.15, -0.1) is 0 Å². The Morgan fingerprint density at radius 3 is 2.66 bits per heavy atom. The van der Waals surface area contributed by atoms with E-state index in [1.165, 1.54) is 6.08 Å². The fourth-order valence-corrected chi connectivity index (χ4v) is 3.06. The molecule has 1 atom stereocenters. The molecule has 1 aromatic rings. The highest BCUT2D eigenvalue weighted by Crippen LogP contribution is 2.23. The smallest absolute Gasteiger partial charge is 0.349 e. The zero-order chi connectivity index (χ0) is 21.6. The molecule has 0 spiro atoms. The Balaban J connectivity index is 2.00. The molecular weight excluding hydrogens is 376 g/mol. The van der Waals surface area contributed by atoms with Crippen LogP contribution in [-0.4, -0.2) is 48.8 Å².